The lowest BCUT2D eigenvalue weighted by Crippen LogP contribution is -2.12. The third-order valence-corrected chi connectivity index (χ3v) is 4.07. The molecule has 2 N–H and O–H groups in total. The van der Waals surface area contributed by atoms with Gasteiger partial charge in [0.25, 0.3) is 5.91 Å². The first-order chi connectivity index (χ1) is 11.0. The lowest BCUT2D eigenvalue weighted by molar-refractivity contribution is 0.102. The SMILES string of the molecule is O=C(Nc1cnn(Cc2ccc(Cl)c(Cl)c2)c1)c1[nH]ncc1Cl. The Labute approximate surface area is 146 Å². The summed E-state index contributed by atoms with van der Waals surface area (Å²) < 4.78 is 1.67. The van der Waals surface area contributed by atoms with E-state index in [4.69, 9.17) is 34.8 Å². The first-order valence-electron chi connectivity index (χ1n) is 6.49. The normalized spacial score (nSPS) is 10.7. The molecule has 0 spiro atoms. The van der Waals surface area contributed by atoms with E-state index in [9.17, 15) is 4.79 Å². The number of H-pyrrole nitrogens is 1. The molecule has 118 valence electrons. The standard InChI is InChI=1S/C14H10Cl3N5O/c15-10-2-1-8(3-11(10)16)6-22-7-9(4-19-22)20-14(23)13-12(17)5-18-21-13/h1-5,7H,6H2,(H,18,21)(H,20,23). The van der Waals surface area contributed by atoms with Crippen LogP contribution in [0.5, 0.6) is 0 Å². The maximum atomic E-state index is 12.0. The molecule has 2 heterocycles. The number of carbonyl (C=O) groups excluding carboxylic acids is 1. The molecule has 1 amide bonds. The molecule has 23 heavy (non-hydrogen) atoms. The minimum absolute atomic E-state index is 0.198. The molecule has 0 atom stereocenters. The van der Waals surface area contributed by atoms with Gasteiger partial charge < -0.3 is 5.32 Å². The van der Waals surface area contributed by atoms with Crippen LogP contribution in [0.3, 0.4) is 0 Å². The van der Waals surface area contributed by atoms with Crippen LogP contribution in [-0.4, -0.2) is 25.9 Å². The zero-order chi connectivity index (χ0) is 16.4. The van der Waals surface area contributed by atoms with Crippen LogP contribution in [-0.2, 0) is 6.54 Å². The smallest absolute Gasteiger partial charge is 0.275 e. The second-order valence-electron chi connectivity index (χ2n) is 4.72. The molecule has 0 aliphatic rings. The van der Waals surface area contributed by atoms with E-state index < -0.39 is 0 Å². The van der Waals surface area contributed by atoms with Crippen molar-refractivity contribution in [2.75, 3.05) is 5.32 Å². The summed E-state index contributed by atoms with van der Waals surface area (Å²) in [7, 11) is 0. The third kappa shape index (κ3) is 3.67. The fourth-order valence-corrected chi connectivity index (χ4v) is 2.46. The molecule has 6 nitrogen and oxygen atoms in total. The Hall–Kier alpha value is -2.02. The molecule has 0 fully saturated rings. The van der Waals surface area contributed by atoms with Gasteiger partial charge in [0.15, 0.2) is 0 Å². The fraction of sp³-hybridized carbons (Fsp3) is 0.0714. The average molecular weight is 371 g/mol. The summed E-state index contributed by atoms with van der Waals surface area (Å²) in [4.78, 5) is 12.0. The van der Waals surface area contributed by atoms with Crippen LogP contribution in [0.15, 0.2) is 36.8 Å². The maximum Gasteiger partial charge on any atom is 0.275 e. The first-order valence-corrected chi connectivity index (χ1v) is 7.63. The molecular formula is C14H10Cl3N5O. The average Bonchev–Trinajstić information content (AvgIpc) is 3.12. The molecule has 9 heteroatoms. The molecule has 0 bridgehead atoms. The lowest BCUT2D eigenvalue weighted by atomic mass is 10.2. The molecule has 0 unspecified atom stereocenters. The second-order valence-corrected chi connectivity index (χ2v) is 5.94. The largest absolute Gasteiger partial charge is 0.318 e. The van der Waals surface area contributed by atoms with Crippen LogP contribution in [0.4, 0.5) is 5.69 Å². The van der Waals surface area contributed by atoms with Crippen molar-refractivity contribution in [2.24, 2.45) is 0 Å². The molecule has 0 radical (unpaired) electrons. The van der Waals surface area contributed by atoms with Crippen LogP contribution in [0.1, 0.15) is 16.1 Å². The predicted molar refractivity (Wildman–Crippen MR) is 89.3 cm³/mol. The summed E-state index contributed by atoms with van der Waals surface area (Å²) in [5.41, 5.74) is 1.68. The highest BCUT2D eigenvalue weighted by atomic mass is 35.5. The van der Waals surface area contributed by atoms with Gasteiger partial charge in [-0.25, -0.2) is 0 Å². The summed E-state index contributed by atoms with van der Waals surface area (Å²) >= 11 is 17.7. The molecule has 0 saturated heterocycles. The van der Waals surface area contributed by atoms with Gasteiger partial charge in [-0.05, 0) is 17.7 Å². The van der Waals surface area contributed by atoms with E-state index >= 15 is 0 Å². The van der Waals surface area contributed by atoms with Gasteiger partial charge >= 0.3 is 0 Å². The highest BCUT2D eigenvalue weighted by Gasteiger charge is 2.13. The van der Waals surface area contributed by atoms with Crippen molar-refractivity contribution in [3.8, 4) is 0 Å². The maximum absolute atomic E-state index is 12.0. The molecule has 1 aromatic carbocycles. The van der Waals surface area contributed by atoms with Crippen molar-refractivity contribution in [1.29, 1.82) is 0 Å². The quantitative estimate of drug-likeness (QED) is 0.732. The number of anilines is 1. The van der Waals surface area contributed by atoms with Crippen molar-refractivity contribution in [1.82, 2.24) is 20.0 Å². The zero-order valence-electron chi connectivity index (χ0n) is 11.6. The summed E-state index contributed by atoms with van der Waals surface area (Å²) in [5.74, 6) is -0.387. The van der Waals surface area contributed by atoms with Crippen LogP contribution in [0.25, 0.3) is 0 Å². The number of rotatable bonds is 4. The molecule has 2 aromatic heterocycles. The first kappa shape index (κ1) is 15.9. The van der Waals surface area contributed by atoms with E-state index in [1.54, 1.807) is 29.2 Å². The van der Waals surface area contributed by atoms with E-state index in [1.165, 1.54) is 6.20 Å². The summed E-state index contributed by atoms with van der Waals surface area (Å²) in [6, 6.07) is 5.36. The van der Waals surface area contributed by atoms with Crippen molar-refractivity contribution in [2.45, 2.75) is 6.54 Å². The Morgan fingerprint density at radius 2 is 2.00 bits per heavy atom. The Balaban J connectivity index is 1.69. The third-order valence-electron chi connectivity index (χ3n) is 3.04. The molecule has 0 saturated carbocycles. The highest BCUT2D eigenvalue weighted by molar-refractivity contribution is 6.42. The van der Waals surface area contributed by atoms with E-state index in [2.05, 4.69) is 20.6 Å². The number of aromatic amines is 1. The minimum atomic E-state index is -0.387. The van der Waals surface area contributed by atoms with Gasteiger partial charge in [0.05, 0.1) is 39.7 Å². The lowest BCUT2D eigenvalue weighted by Gasteiger charge is -2.04. The Morgan fingerprint density at radius 1 is 1.17 bits per heavy atom. The van der Waals surface area contributed by atoms with Crippen molar-refractivity contribution >= 4 is 46.4 Å². The van der Waals surface area contributed by atoms with E-state index in [0.29, 0.717) is 22.3 Å². The summed E-state index contributed by atoms with van der Waals surface area (Å²) in [6.07, 6.45) is 4.61. The molecule has 3 aromatic rings. The van der Waals surface area contributed by atoms with Crippen molar-refractivity contribution in [3.63, 3.8) is 0 Å². The summed E-state index contributed by atoms with van der Waals surface area (Å²) in [5, 5.41) is 14.3. The Morgan fingerprint density at radius 3 is 2.70 bits per heavy atom. The Bertz CT molecular complexity index is 858. The van der Waals surface area contributed by atoms with E-state index in [1.807, 2.05) is 6.07 Å². The van der Waals surface area contributed by atoms with Crippen LogP contribution < -0.4 is 5.32 Å². The number of nitrogens with one attached hydrogen (secondary N) is 2. The predicted octanol–water partition coefficient (Wildman–Crippen LogP) is 3.87. The van der Waals surface area contributed by atoms with Gasteiger partial charge in [-0.2, -0.15) is 10.2 Å². The van der Waals surface area contributed by atoms with Crippen LogP contribution >= 0.6 is 34.8 Å². The highest BCUT2D eigenvalue weighted by Crippen LogP contribution is 2.23. The number of benzene rings is 1. The monoisotopic (exact) mass is 369 g/mol. The van der Waals surface area contributed by atoms with Crippen molar-refractivity contribution in [3.05, 3.63) is 63.1 Å². The number of hydrogen-bond acceptors (Lipinski definition) is 3. The topological polar surface area (TPSA) is 75.6 Å². The van der Waals surface area contributed by atoms with Crippen LogP contribution in [0.2, 0.25) is 15.1 Å². The van der Waals surface area contributed by atoms with Gasteiger partial charge in [-0.1, -0.05) is 40.9 Å². The zero-order valence-corrected chi connectivity index (χ0v) is 13.8. The number of halogens is 3. The molecule has 3 rings (SSSR count). The fourth-order valence-electron chi connectivity index (χ4n) is 1.96. The Kier molecular flexibility index (Phi) is 4.56. The van der Waals surface area contributed by atoms with Gasteiger partial charge in [0.2, 0.25) is 0 Å². The minimum Gasteiger partial charge on any atom is -0.318 e. The van der Waals surface area contributed by atoms with Gasteiger partial charge in [0, 0.05) is 6.20 Å². The number of nitrogens with zero attached hydrogens (tertiary/aromatic N) is 3. The van der Waals surface area contributed by atoms with Gasteiger partial charge in [0.1, 0.15) is 5.69 Å². The number of carbonyl (C=O) groups is 1. The molecule has 0 aliphatic heterocycles. The van der Waals surface area contributed by atoms with Gasteiger partial charge in [-0.3, -0.25) is 14.6 Å². The van der Waals surface area contributed by atoms with Gasteiger partial charge in [-0.15, -0.1) is 0 Å². The molecular weight excluding hydrogens is 361 g/mol. The number of amides is 1. The number of hydrogen-bond donors (Lipinski definition) is 2. The van der Waals surface area contributed by atoms with E-state index in [-0.39, 0.29) is 16.6 Å². The van der Waals surface area contributed by atoms with Crippen molar-refractivity contribution < 1.29 is 4.79 Å². The second kappa shape index (κ2) is 6.62. The van der Waals surface area contributed by atoms with Crippen LogP contribution in [0, 0.1) is 0 Å². The molecule has 0 aliphatic carbocycles. The number of aromatic nitrogens is 4. The van der Waals surface area contributed by atoms with E-state index in [0.717, 1.165) is 5.56 Å². The summed E-state index contributed by atoms with van der Waals surface area (Å²) in [6.45, 7) is 0.498.